The molecule has 3 aromatic rings. The van der Waals surface area contributed by atoms with Crippen LogP contribution in [0.1, 0.15) is 11.4 Å². The van der Waals surface area contributed by atoms with E-state index in [1.54, 1.807) is 12.4 Å². The minimum Gasteiger partial charge on any atom is -0.263 e. The standard InChI is InChI=1S/C13H11N5/c1-3-10(8-12-16-9-17-18-12)7-11(4-1)13-14-5-2-6-15-13/h1-7,9H,8H2,(H,16,17,18). The molecule has 0 aliphatic heterocycles. The summed E-state index contributed by atoms with van der Waals surface area (Å²) in [6.07, 6.45) is 5.72. The minimum atomic E-state index is 0.723. The molecule has 0 spiro atoms. The third-order valence-electron chi connectivity index (χ3n) is 2.59. The summed E-state index contributed by atoms with van der Waals surface area (Å²) in [6, 6.07) is 9.92. The van der Waals surface area contributed by atoms with Crippen molar-refractivity contribution >= 4 is 0 Å². The zero-order chi connectivity index (χ0) is 12.2. The summed E-state index contributed by atoms with van der Waals surface area (Å²) in [5.41, 5.74) is 2.16. The van der Waals surface area contributed by atoms with Crippen molar-refractivity contribution in [3.05, 3.63) is 60.4 Å². The predicted octanol–water partition coefficient (Wildman–Crippen LogP) is 1.85. The van der Waals surface area contributed by atoms with Gasteiger partial charge < -0.3 is 0 Å². The number of nitrogens with zero attached hydrogens (tertiary/aromatic N) is 4. The maximum absolute atomic E-state index is 4.24. The van der Waals surface area contributed by atoms with Crippen molar-refractivity contribution in [3.8, 4) is 11.4 Å². The fourth-order valence-electron chi connectivity index (χ4n) is 1.78. The van der Waals surface area contributed by atoms with Crippen molar-refractivity contribution in [2.45, 2.75) is 6.42 Å². The van der Waals surface area contributed by atoms with Crippen LogP contribution in [0, 0.1) is 0 Å². The second-order valence-electron chi connectivity index (χ2n) is 3.88. The van der Waals surface area contributed by atoms with E-state index in [1.165, 1.54) is 6.33 Å². The molecule has 2 heterocycles. The largest absolute Gasteiger partial charge is 0.263 e. The van der Waals surface area contributed by atoms with Crippen LogP contribution in [0.4, 0.5) is 0 Å². The van der Waals surface area contributed by atoms with Gasteiger partial charge in [-0.3, -0.25) is 5.10 Å². The van der Waals surface area contributed by atoms with Crippen LogP contribution >= 0.6 is 0 Å². The Kier molecular flexibility index (Phi) is 2.79. The van der Waals surface area contributed by atoms with Gasteiger partial charge in [-0.25, -0.2) is 15.0 Å². The van der Waals surface area contributed by atoms with Gasteiger partial charge in [0.1, 0.15) is 12.2 Å². The number of rotatable bonds is 3. The number of aromatic nitrogens is 5. The minimum absolute atomic E-state index is 0.723. The quantitative estimate of drug-likeness (QED) is 0.754. The molecule has 0 aliphatic carbocycles. The van der Waals surface area contributed by atoms with E-state index in [4.69, 9.17) is 0 Å². The number of benzene rings is 1. The van der Waals surface area contributed by atoms with Gasteiger partial charge in [0.05, 0.1) is 0 Å². The molecule has 2 aromatic heterocycles. The highest BCUT2D eigenvalue weighted by Gasteiger charge is 2.03. The molecule has 5 heteroatoms. The summed E-state index contributed by atoms with van der Waals surface area (Å²) in [5, 5.41) is 6.69. The molecule has 1 N–H and O–H groups in total. The van der Waals surface area contributed by atoms with Gasteiger partial charge in [0.15, 0.2) is 5.82 Å². The average molecular weight is 237 g/mol. The van der Waals surface area contributed by atoms with Crippen molar-refractivity contribution in [2.24, 2.45) is 0 Å². The molecule has 0 saturated carbocycles. The van der Waals surface area contributed by atoms with E-state index in [2.05, 4.69) is 37.3 Å². The molecule has 0 bridgehead atoms. The highest BCUT2D eigenvalue weighted by Crippen LogP contribution is 2.16. The first-order valence-electron chi connectivity index (χ1n) is 5.62. The summed E-state index contributed by atoms with van der Waals surface area (Å²) >= 11 is 0. The van der Waals surface area contributed by atoms with Gasteiger partial charge in [-0.2, -0.15) is 5.10 Å². The highest BCUT2D eigenvalue weighted by atomic mass is 15.2. The monoisotopic (exact) mass is 237 g/mol. The van der Waals surface area contributed by atoms with Crippen molar-refractivity contribution in [2.75, 3.05) is 0 Å². The van der Waals surface area contributed by atoms with Crippen molar-refractivity contribution < 1.29 is 0 Å². The molecule has 0 fully saturated rings. The zero-order valence-corrected chi connectivity index (χ0v) is 9.61. The highest BCUT2D eigenvalue weighted by molar-refractivity contribution is 5.55. The van der Waals surface area contributed by atoms with Crippen molar-refractivity contribution in [1.29, 1.82) is 0 Å². The number of aromatic amines is 1. The number of hydrogen-bond acceptors (Lipinski definition) is 4. The number of nitrogens with one attached hydrogen (secondary N) is 1. The molecule has 5 nitrogen and oxygen atoms in total. The SMILES string of the molecule is c1cnc(-c2cccc(Cc3ncn[nH]3)c2)nc1. The second-order valence-corrected chi connectivity index (χ2v) is 3.88. The topological polar surface area (TPSA) is 67.3 Å². The maximum atomic E-state index is 4.24. The molecule has 3 rings (SSSR count). The van der Waals surface area contributed by atoms with E-state index in [9.17, 15) is 0 Å². The van der Waals surface area contributed by atoms with Crippen molar-refractivity contribution in [3.63, 3.8) is 0 Å². The number of H-pyrrole nitrogens is 1. The molecular weight excluding hydrogens is 226 g/mol. The van der Waals surface area contributed by atoms with E-state index < -0.39 is 0 Å². The summed E-state index contributed by atoms with van der Waals surface area (Å²) in [4.78, 5) is 12.6. The van der Waals surface area contributed by atoms with Crippen LogP contribution < -0.4 is 0 Å². The van der Waals surface area contributed by atoms with Gasteiger partial charge in [-0.1, -0.05) is 18.2 Å². The number of hydrogen-bond donors (Lipinski definition) is 1. The molecule has 0 amide bonds. The molecule has 0 saturated heterocycles. The van der Waals surface area contributed by atoms with Gasteiger partial charge in [-0.05, 0) is 17.7 Å². The first-order chi connectivity index (χ1) is 8.92. The summed E-state index contributed by atoms with van der Waals surface area (Å²) in [7, 11) is 0. The van der Waals surface area contributed by atoms with Crippen LogP contribution in [-0.2, 0) is 6.42 Å². The zero-order valence-electron chi connectivity index (χ0n) is 9.61. The summed E-state index contributed by atoms with van der Waals surface area (Å²) in [6.45, 7) is 0. The lowest BCUT2D eigenvalue weighted by atomic mass is 10.1. The summed E-state index contributed by atoms with van der Waals surface area (Å²) in [5.74, 6) is 1.58. The first-order valence-corrected chi connectivity index (χ1v) is 5.62. The fraction of sp³-hybridized carbons (Fsp3) is 0.0769. The third kappa shape index (κ3) is 2.24. The van der Waals surface area contributed by atoms with E-state index >= 15 is 0 Å². The van der Waals surface area contributed by atoms with Crippen LogP contribution in [0.25, 0.3) is 11.4 Å². The van der Waals surface area contributed by atoms with E-state index in [-0.39, 0.29) is 0 Å². The summed E-state index contributed by atoms with van der Waals surface area (Å²) < 4.78 is 0. The lowest BCUT2D eigenvalue weighted by Gasteiger charge is -2.02. The first kappa shape index (κ1) is 10.6. The lowest BCUT2D eigenvalue weighted by molar-refractivity contribution is 0.972. The molecule has 18 heavy (non-hydrogen) atoms. The Balaban J connectivity index is 1.90. The smallest absolute Gasteiger partial charge is 0.159 e. The van der Waals surface area contributed by atoms with Crippen LogP contribution in [0.3, 0.4) is 0 Å². The Labute approximate surface area is 104 Å². The predicted molar refractivity (Wildman–Crippen MR) is 66.7 cm³/mol. The maximum Gasteiger partial charge on any atom is 0.159 e. The van der Waals surface area contributed by atoms with E-state index in [0.717, 1.165) is 29.2 Å². The van der Waals surface area contributed by atoms with Gasteiger partial charge >= 0.3 is 0 Å². The molecule has 0 radical (unpaired) electrons. The molecule has 0 atom stereocenters. The average Bonchev–Trinajstić information content (AvgIpc) is 2.93. The Morgan fingerprint density at radius 1 is 1.00 bits per heavy atom. The third-order valence-corrected chi connectivity index (χ3v) is 2.59. The molecule has 88 valence electrons. The van der Waals surface area contributed by atoms with Gasteiger partial charge in [0, 0.05) is 24.4 Å². The van der Waals surface area contributed by atoms with Crippen LogP contribution in [0.15, 0.2) is 49.1 Å². The Morgan fingerprint density at radius 3 is 2.67 bits per heavy atom. The molecule has 1 aromatic carbocycles. The Morgan fingerprint density at radius 2 is 1.89 bits per heavy atom. The van der Waals surface area contributed by atoms with Crippen LogP contribution in [-0.4, -0.2) is 25.1 Å². The van der Waals surface area contributed by atoms with Crippen LogP contribution in [0.5, 0.6) is 0 Å². The van der Waals surface area contributed by atoms with Crippen molar-refractivity contribution in [1.82, 2.24) is 25.1 Å². The Bertz CT molecular complexity index is 619. The van der Waals surface area contributed by atoms with Gasteiger partial charge in [-0.15, -0.1) is 0 Å². The van der Waals surface area contributed by atoms with Crippen LogP contribution in [0.2, 0.25) is 0 Å². The van der Waals surface area contributed by atoms with Gasteiger partial charge in [0.25, 0.3) is 0 Å². The lowest BCUT2D eigenvalue weighted by Crippen LogP contribution is -1.93. The molecule has 0 aliphatic rings. The second kappa shape index (κ2) is 4.75. The molecule has 0 unspecified atom stereocenters. The molecular formula is C13H11N5. The van der Waals surface area contributed by atoms with Gasteiger partial charge in [0.2, 0.25) is 0 Å². The fourth-order valence-corrected chi connectivity index (χ4v) is 1.78. The van der Waals surface area contributed by atoms with E-state index in [0.29, 0.717) is 0 Å². The Hall–Kier alpha value is -2.56. The van der Waals surface area contributed by atoms with E-state index in [1.807, 2.05) is 18.2 Å². The normalized spacial score (nSPS) is 10.4.